The largest absolute Gasteiger partial charge is 0.463 e. The van der Waals surface area contributed by atoms with Crippen molar-refractivity contribution in [3.63, 3.8) is 0 Å². The molecule has 1 aromatic carbocycles. The molecule has 3 aliphatic rings. The van der Waals surface area contributed by atoms with Gasteiger partial charge in [-0.05, 0) is 91.9 Å². The van der Waals surface area contributed by atoms with Crippen molar-refractivity contribution in [3.05, 3.63) is 57.4 Å². The van der Waals surface area contributed by atoms with Crippen LogP contribution in [0.2, 0.25) is 0 Å². The molecular formula is C38H60NO4P. The lowest BCUT2D eigenvalue weighted by Gasteiger charge is -2.51. The minimum Gasteiger partial charge on any atom is -0.417 e. The van der Waals surface area contributed by atoms with Crippen LogP contribution < -0.4 is 4.52 Å². The number of rotatable bonds is 2. The van der Waals surface area contributed by atoms with Crippen LogP contribution in [0.5, 0.6) is 5.75 Å². The van der Waals surface area contributed by atoms with Crippen molar-refractivity contribution in [2.45, 2.75) is 158 Å². The van der Waals surface area contributed by atoms with Gasteiger partial charge < -0.3 is 14.3 Å². The summed E-state index contributed by atoms with van der Waals surface area (Å²) in [4.78, 5) is 0. The van der Waals surface area contributed by atoms with Crippen LogP contribution in [0.15, 0.2) is 40.7 Å². The van der Waals surface area contributed by atoms with E-state index in [4.69, 9.17) is 13.6 Å². The van der Waals surface area contributed by atoms with Gasteiger partial charge in [-0.15, -0.1) is 0 Å². The Labute approximate surface area is 270 Å². The maximum absolute atomic E-state index is 11.0. The average molecular weight is 626 g/mol. The van der Waals surface area contributed by atoms with Crippen molar-refractivity contribution >= 4 is 14.7 Å². The molecule has 0 spiro atoms. The number of hydrogen-bond acceptors (Lipinski definition) is 5. The Bertz CT molecular complexity index is 1350. The number of hydroxylamine groups is 2. The van der Waals surface area contributed by atoms with Crippen LogP contribution in [0.4, 0.5) is 0 Å². The van der Waals surface area contributed by atoms with Crippen molar-refractivity contribution in [1.29, 1.82) is 0 Å². The zero-order chi connectivity index (χ0) is 33.4. The zero-order valence-electron chi connectivity index (χ0n) is 30.6. The summed E-state index contributed by atoms with van der Waals surface area (Å²) < 4.78 is 20.9. The van der Waals surface area contributed by atoms with Crippen LogP contribution in [0.25, 0.3) is 6.08 Å². The first-order chi connectivity index (χ1) is 19.7. The molecule has 44 heavy (non-hydrogen) atoms. The molecular weight excluding hydrogens is 565 g/mol. The SMILES string of the molecule is CC(C)(C)C1=CC(C(C)(C)C)=C2OP(OC3CC(C)(C)N(O)C(C)(C)C3)Oc3c(cc(C(C)(C)C)cc3C(C)(C)C)/C=C\2C1. The fourth-order valence-corrected chi connectivity index (χ4v) is 7.87. The van der Waals surface area contributed by atoms with E-state index in [0.29, 0.717) is 12.8 Å². The van der Waals surface area contributed by atoms with Gasteiger partial charge in [-0.25, -0.2) is 0 Å². The van der Waals surface area contributed by atoms with Gasteiger partial charge in [-0.3, -0.25) is 4.52 Å². The van der Waals surface area contributed by atoms with Gasteiger partial charge in [0.15, 0.2) is 0 Å². The van der Waals surface area contributed by atoms with E-state index in [-0.39, 0.29) is 27.8 Å². The number of piperidine rings is 1. The van der Waals surface area contributed by atoms with E-state index in [1.165, 1.54) is 27.3 Å². The molecule has 0 bridgehead atoms. The van der Waals surface area contributed by atoms with E-state index >= 15 is 0 Å². The molecule has 1 saturated heterocycles. The Balaban J connectivity index is 1.98. The summed E-state index contributed by atoms with van der Waals surface area (Å²) in [6, 6.07) is 4.64. The van der Waals surface area contributed by atoms with Gasteiger partial charge in [-0.1, -0.05) is 101 Å². The second-order valence-electron chi connectivity index (χ2n) is 18.7. The standard InChI is InChI=1S/C38H60NO4P/c1-33(2,3)26-18-24-17-25-19-27(34(4,5)6)21-30(36(10,11)12)32(25)43-44(42-31(24)29(20-26)35(7,8)9)41-28-22-37(13,14)39(40)38(15,16)23-28/h17-18,20-21,28,40H,19,22-23H2,1-16H3/b25-17-. The Morgan fingerprint density at radius 3 is 1.82 bits per heavy atom. The molecule has 0 saturated carbocycles. The van der Waals surface area contributed by atoms with Crippen LogP contribution in [0.1, 0.15) is 147 Å². The molecule has 1 unspecified atom stereocenters. The predicted molar refractivity (Wildman–Crippen MR) is 185 cm³/mol. The van der Waals surface area contributed by atoms with Gasteiger partial charge >= 0.3 is 8.60 Å². The molecule has 4 rings (SSSR count). The van der Waals surface area contributed by atoms with E-state index in [0.717, 1.165) is 29.1 Å². The molecule has 2 aliphatic heterocycles. The molecule has 6 heteroatoms. The second-order valence-corrected chi connectivity index (χ2v) is 19.7. The number of hydrogen-bond donors (Lipinski definition) is 1. The number of nitrogens with zero attached hydrogens (tertiary/aromatic N) is 1. The van der Waals surface area contributed by atoms with E-state index in [9.17, 15) is 5.21 Å². The van der Waals surface area contributed by atoms with Crippen LogP contribution in [-0.4, -0.2) is 27.5 Å². The Morgan fingerprint density at radius 1 is 0.773 bits per heavy atom. The summed E-state index contributed by atoms with van der Waals surface area (Å²) >= 11 is 0. The second kappa shape index (κ2) is 11.3. The number of allylic oxidation sites excluding steroid dienone is 4. The van der Waals surface area contributed by atoms with Crippen LogP contribution in [0, 0.1) is 10.8 Å². The lowest BCUT2D eigenvalue weighted by molar-refractivity contribution is -0.255. The van der Waals surface area contributed by atoms with Gasteiger partial charge in [0.05, 0.1) is 6.10 Å². The summed E-state index contributed by atoms with van der Waals surface area (Å²) in [5, 5.41) is 12.5. The molecule has 0 aromatic heterocycles. The first-order valence-corrected chi connectivity index (χ1v) is 17.5. The van der Waals surface area contributed by atoms with Crippen LogP contribution in [0.3, 0.4) is 0 Å². The van der Waals surface area contributed by atoms with Crippen LogP contribution in [-0.2, 0) is 19.9 Å². The predicted octanol–water partition coefficient (Wildman–Crippen LogP) is 11.4. The minimum absolute atomic E-state index is 0.0189. The first-order valence-electron chi connectivity index (χ1n) is 16.4. The Kier molecular flexibility index (Phi) is 9.00. The Hall–Kier alpha value is -1.65. The van der Waals surface area contributed by atoms with Crippen LogP contribution >= 0.6 is 8.60 Å². The minimum atomic E-state index is -1.81. The molecule has 1 fully saturated rings. The topological polar surface area (TPSA) is 51.2 Å². The molecule has 0 radical (unpaired) electrons. The average Bonchev–Trinajstić information content (AvgIpc) is 2.79. The molecule has 1 aliphatic carbocycles. The summed E-state index contributed by atoms with van der Waals surface area (Å²) in [6.45, 7) is 35.5. The van der Waals surface area contributed by atoms with E-state index in [1.54, 1.807) is 0 Å². The highest BCUT2D eigenvalue weighted by molar-refractivity contribution is 7.42. The summed E-state index contributed by atoms with van der Waals surface area (Å²) in [5.41, 5.74) is 6.08. The van der Waals surface area contributed by atoms with E-state index < -0.39 is 19.7 Å². The molecule has 1 atom stereocenters. The molecule has 5 nitrogen and oxygen atoms in total. The van der Waals surface area contributed by atoms with Crippen molar-refractivity contribution in [2.24, 2.45) is 10.8 Å². The van der Waals surface area contributed by atoms with Gasteiger partial charge in [0.1, 0.15) is 11.5 Å². The number of fused-ring (bicyclic) bond motifs is 2. The molecule has 2 heterocycles. The van der Waals surface area contributed by atoms with Crippen molar-refractivity contribution in [1.82, 2.24) is 5.06 Å². The van der Waals surface area contributed by atoms with E-state index in [2.05, 4.69) is 135 Å². The molecule has 1 N–H and O–H groups in total. The van der Waals surface area contributed by atoms with Gasteiger partial charge in [0, 0.05) is 27.8 Å². The highest BCUT2D eigenvalue weighted by Crippen LogP contribution is 2.57. The third-order valence-corrected chi connectivity index (χ3v) is 10.4. The van der Waals surface area contributed by atoms with Crippen molar-refractivity contribution in [2.75, 3.05) is 0 Å². The Morgan fingerprint density at radius 2 is 1.34 bits per heavy atom. The van der Waals surface area contributed by atoms with E-state index in [1.807, 2.05) is 0 Å². The summed E-state index contributed by atoms with van der Waals surface area (Å²) in [7, 11) is -1.81. The van der Waals surface area contributed by atoms with Gasteiger partial charge in [0.2, 0.25) is 0 Å². The lowest BCUT2D eigenvalue weighted by atomic mass is 9.73. The summed E-state index contributed by atoms with van der Waals surface area (Å²) in [5.74, 6) is 1.74. The van der Waals surface area contributed by atoms with Crippen molar-refractivity contribution in [3.8, 4) is 5.75 Å². The zero-order valence-corrected chi connectivity index (χ0v) is 31.5. The fraction of sp³-hybridized carbons (Fsp3) is 0.684. The maximum Gasteiger partial charge on any atom is 0.463 e. The third-order valence-electron chi connectivity index (χ3n) is 9.30. The molecule has 1 aromatic rings. The normalized spacial score (nSPS) is 24.6. The van der Waals surface area contributed by atoms with Gasteiger partial charge in [0.25, 0.3) is 0 Å². The lowest BCUT2D eigenvalue weighted by Crippen LogP contribution is -2.60. The van der Waals surface area contributed by atoms with Crippen molar-refractivity contribution < 1.29 is 18.8 Å². The third kappa shape index (κ3) is 7.33. The molecule has 246 valence electrons. The fourth-order valence-electron chi connectivity index (χ4n) is 6.64. The smallest absolute Gasteiger partial charge is 0.417 e. The highest BCUT2D eigenvalue weighted by Gasteiger charge is 2.47. The highest BCUT2D eigenvalue weighted by atomic mass is 31.2. The monoisotopic (exact) mass is 625 g/mol. The van der Waals surface area contributed by atoms with Gasteiger partial charge in [-0.2, -0.15) is 5.06 Å². The summed E-state index contributed by atoms with van der Waals surface area (Å²) in [6.07, 6.45) is 6.70. The molecule has 0 amide bonds. The first kappa shape index (κ1) is 35.2. The maximum atomic E-state index is 11.0. The number of benzene rings is 1. The quantitative estimate of drug-likeness (QED) is 0.331.